The summed E-state index contributed by atoms with van der Waals surface area (Å²) >= 11 is 5.55. The Morgan fingerprint density at radius 3 is 2.57 bits per heavy atom. The second-order valence-corrected chi connectivity index (χ2v) is 14.6. The number of fused-ring (bicyclic) bond motifs is 3. The van der Waals surface area contributed by atoms with E-state index in [0.29, 0.717) is 36.5 Å². The zero-order valence-corrected chi connectivity index (χ0v) is 30.4. The number of phosphoric acid groups is 1. The molecule has 2 heterocycles. The smallest absolute Gasteiger partial charge is 0.508 e. The molecule has 0 saturated carbocycles. The second kappa shape index (κ2) is 17.0. The summed E-state index contributed by atoms with van der Waals surface area (Å²) in [6.07, 6.45) is 7.04. The van der Waals surface area contributed by atoms with Crippen LogP contribution in [-0.4, -0.2) is 60.5 Å². The summed E-state index contributed by atoms with van der Waals surface area (Å²) in [5.41, 5.74) is 9.90. The molecule has 0 aliphatic carbocycles. The van der Waals surface area contributed by atoms with Crippen molar-refractivity contribution in [2.24, 2.45) is 0 Å². The SMILES string of the molecule is CCCCc1nc2c(N)nc3ccc(C(C)(C)CCCOCCCCC(C)NC(=O)CCl)cc3c2n1Cc1cc(OP(=O)(O)O)ccc1O. The molecule has 0 saturated heterocycles. The fraction of sp³-hybridized carbons (Fsp3) is 0.514. The summed E-state index contributed by atoms with van der Waals surface area (Å²) in [4.78, 5) is 39.7. The van der Waals surface area contributed by atoms with Gasteiger partial charge in [-0.15, -0.1) is 11.6 Å². The zero-order valence-electron chi connectivity index (χ0n) is 28.7. The van der Waals surface area contributed by atoms with Gasteiger partial charge in [-0.2, -0.15) is 0 Å². The molecular weight excluding hydrogens is 669 g/mol. The number of aromatic hydroxyl groups is 1. The van der Waals surface area contributed by atoms with Crippen LogP contribution >= 0.6 is 19.4 Å². The van der Waals surface area contributed by atoms with Crippen molar-refractivity contribution in [2.75, 3.05) is 24.8 Å². The Labute approximate surface area is 292 Å². The van der Waals surface area contributed by atoms with E-state index in [0.717, 1.165) is 72.8 Å². The largest absolute Gasteiger partial charge is 0.524 e. The molecule has 268 valence electrons. The monoisotopic (exact) mass is 717 g/mol. The lowest BCUT2D eigenvalue weighted by atomic mass is 9.80. The number of rotatable bonds is 19. The topological polar surface area (TPSA) is 182 Å². The van der Waals surface area contributed by atoms with Crippen molar-refractivity contribution in [3.05, 3.63) is 53.3 Å². The van der Waals surface area contributed by atoms with Crippen LogP contribution in [-0.2, 0) is 32.5 Å². The number of aromatic nitrogens is 3. The summed E-state index contributed by atoms with van der Waals surface area (Å²) in [7, 11) is -4.79. The van der Waals surface area contributed by atoms with Gasteiger partial charge in [0.2, 0.25) is 5.91 Å². The molecule has 14 heteroatoms. The van der Waals surface area contributed by atoms with Crippen LogP contribution in [0.15, 0.2) is 36.4 Å². The van der Waals surface area contributed by atoms with Gasteiger partial charge in [-0.25, -0.2) is 14.5 Å². The predicted octanol–water partition coefficient (Wildman–Crippen LogP) is 6.72. The molecule has 12 nitrogen and oxygen atoms in total. The molecule has 1 atom stereocenters. The lowest BCUT2D eigenvalue weighted by Gasteiger charge is -2.26. The van der Waals surface area contributed by atoms with E-state index in [2.05, 4.69) is 43.2 Å². The maximum Gasteiger partial charge on any atom is 0.524 e. The Bertz CT molecular complexity index is 1790. The lowest BCUT2D eigenvalue weighted by molar-refractivity contribution is -0.119. The third kappa shape index (κ3) is 10.5. The molecule has 0 bridgehead atoms. The summed E-state index contributed by atoms with van der Waals surface area (Å²) in [5.74, 6) is 0.817. The van der Waals surface area contributed by atoms with Crippen molar-refractivity contribution >= 4 is 53.1 Å². The Balaban J connectivity index is 1.55. The Hall–Kier alpha value is -3.41. The van der Waals surface area contributed by atoms with Gasteiger partial charge in [0.25, 0.3) is 0 Å². The van der Waals surface area contributed by atoms with Gasteiger partial charge in [-0.05, 0) is 86.8 Å². The van der Waals surface area contributed by atoms with Gasteiger partial charge < -0.3 is 30.0 Å². The highest BCUT2D eigenvalue weighted by Crippen LogP contribution is 2.40. The van der Waals surface area contributed by atoms with Crippen LogP contribution < -0.4 is 15.6 Å². The highest BCUT2D eigenvalue weighted by molar-refractivity contribution is 7.46. The van der Waals surface area contributed by atoms with Gasteiger partial charge in [-0.3, -0.25) is 14.6 Å². The fourth-order valence-corrected chi connectivity index (χ4v) is 6.49. The number of nitrogen functional groups attached to an aromatic ring is 1. The molecule has 0 aliphatic rings. The lowest BCUT2D eigenvalue weighted by Crippen LogP contribution is -2.33. The maximum absolute atomic E-state index is 11.5. The number of imidazole rings is 1. The zero-order chi connectivity index (χ0) is 35.8. The molecule has 6 N–H and O–H groups in total. The fourth-order valence-electron chi connectivity index (χ4n) is 6.03. The molecule has 0 radical (unpaired) electrons. The minimum Gasteiger partial charge on any atom is -0.508 e. The van der Waals surface area contributed by atoms with E-state index in [4.69, 9.17) is 31.6 Å². The first-order valence-electron chi connectivity index (χ1n) is 16.8. The summed E-state index contributed by atoms with van der Waals surface area (Å²) < 4.78 is 24.2. The Kier molecular flexibility index (Phi) is 13.3. The molecule has 0 aliphatic heterocycles. The minimum atomic E-state index is -4.79. The number of nitrogens with zero attached hydrogens (tertiary/aromatic N) is 3. The minimum absolute atomic E-state index is 0.0219. The number of phenolic OH excluding ortho intramolecular Hbond substituents is 1. The number of ether oxygens (including phenoxy) is 1. The van der Waals surface area contributed by atoms with Crippen LogP contribution in [0.1, 0.15) is 89.6 Å². The molecule has 1 amide bonds. The number of phenols is 1. The van der Waals surface area contributed by atoms with Crippen molar-refractivity contribution in [3.63, 3.8) is 0 Å². The number of benzene rings is 2. The number of alkyl halides is 1. The van der Waals surface area contributed by atoms with Gasteiger partial charge in [0.15, 0.2) is 5.82 Å². The highest BCUT2D eigenvalue weighted by atomic mass is 35.5. The van der Waals surface area contributed by atoms with Crippen LogP contribution in [0.2, 0.25) is 0 Å². The molecule has 4 aromatic rings. The van der Waals surface area contributed by atoms with Crippen LogP contribution in [0.3, 0.4) is 0 Å². The molecule has 0 fully saturated rings. The molecule has 0 spiro atoms. The van der Waals surface area contributed by atoms with Crippen molar-refractivity contribution in [1.29, 1.82) is 0 Å². The maximum atomic E-state index is 11.5. The number of halogens is 1. The van der Waals surface area contributed by atoms with E-state index in [-0.39, 0.29) is 41.3 Å². The summed E-state index contributed by atoms with van der Waals surface area (Å²) in [6, 6.07) is 10.4. The summed E-state index contributed by atoms with van der Waals surface area (Å²) in [6.45, 7) is 9.99. The molecule has 2 aromatic carbocycles. The highest BCUT2D eigenvalue weighted by Gasteiger charge is 2.24. The standard InChI is InChI=1S/C35H49ClN5O7P/c1-5-6-11-30-40-32-33(41(30)22-24-19-26(13-15-29(24)42)48-49(44,45)46)27-20-25(12-14-28(27)39-34(32)37)35(3,4)16-9-18-47-17-8-7-10-23(2)38-31(43)21-36/h12-15,19-20,23,42H,5-11,16-18,21-22H2,1-4H3,(H2,37,39)(H,38,43)(H2,44,45,46). The molecule has 49 heavy (non-hydrogen) atoms. The number of amides is 1. The van der Waals surface area contributed by atoms with Crippen molar-refractivity contribution in [1.82, 2.24) is 19.9 Å². The number of anilines is 1. The number of nitrogens with two attached hydrogens (primary N) is 1. The number of carbonyl (C=O) groups excluding carboxylic acids is 1. The van der Waals surface area contributed by atoms with Gasteiger partial charge in [-0.1, -0.05) is 33.3 Å². The summed E-state index contributed by atoms with van der Waals surface area (Å²) in [5, 5.41) is 14.5. The van der Waals surface area contributed by atoms with E-state index >= 15 is 0 Å². The molecule has 1 unspecified atom stereocenters. The molecular formula is C35H49ClN5O7P. The van der Waals surface area contributed by atoms with E-state index in [1.165, 1.54) is 18.2 Å². The quantitative estimate of drug-likeness (QED) is 0.0397. The number of unbranched alkanes of at least 4 members (excludes halogenated alkanes) is 2. The van der Waals surface area contributed by atoms with Crippen molar-refractivity contribution in [2.45, 2.75) is 97.1 Å². The first-order chi connectivity index (χ1) is 23.2. The third-order valence-electron chi connectivity index (χ3n) is 8.72. The average molecular weight is 718 g/mol. The van der Waals surface area contributed by atoms with E-state index in [1.807, 2.05) is 17.6 Å². The van der Waals surface area contributed by atoms with E-state index in [1.54, 1.807) is 0 Å². The van der Waals surface area contributed by atoms with Crippen LogP contribution in [0, 0.1) is 0 Å². The third-order valence-corrected chi connectivity index (χ3v) is 9.41. The van der Waals surface area contributed by atoms with Gasteiger partial charge in [0.1, 0.15) is 28.7 Å². The van der Waals surface area contributed by atoms with Gasteiger partial charge in [0.05, 0.1) is 17.6 Å². The first kappa shape index (κ1) is 38.4. The first-order valence-corrected chi connectivity index (χ1v) is 18.9. The number of hydrogen-bond acceptors (Lipinski definition) is 8. The second-order valence-electron chi connectivity index (χ2n) is 13.2. The number of hydrogen-bond donors (Lipinski definition) is 5. The molecule has 2 aromatic heterocycles. The number of pyridine rings is 1. The van der Waals surface area contributed by atoms with E-state index < -0.39 is 7.82 Å². The Morgan fingerprint density at radius 2 is 1.86 bits per heavy atom. The van der Waals surface area contributed by atoms with E-state index in [9.17, 15) is 24.3 Å². The van der Waals surface area contributed by atoms with Crippen molar-refractivity contribution < 1.29 is 33.5 Å². The van der Waals surface area contributed by atoms with Gasteiger partial charge >= 0.3 is 7.82 Å². The predicted molar refractivity (Wildman–Crippen MR) is 193 cm³/mol. The molecule has 4 rings (SSSR count). The number of nitrogens with one attached hydrogen (secondary N) is 1. The van der Waals surface area contributed by atoms with Crippen molar-refractivity contribution in [3.8, 4) is 11.5 Å². The average Bonchev–Trinajstić information content (AvgIpc) is 3.40. The normalized spacial score (nSPS) is 12.9. The Morgan fingerprint density at radius 1 is 1.10 bits per heavy atom. The van der Waals surface area contributed by atoms with Crippen LogP contribution in [0.25, 0.3) is 21.9 Å². The van der Waals surface area contributed by atoms with Crippen LogP contribution in [0.4, 0.5) is 5.82 Å². The number of aryl methyl sites for hydroxylation is 1. The van der Waals surface area contributed by atoms with Crippen LogP contribution in [0.5, 0.6) is 11.5 Å². The number of phosphoric ester groups is 1. The van der Waals surface area contributed by atoms with Gasteiger partial charge in [0, 0.05) is 36.6 Å². The number of carbonyl (C=O) groups is 1.